The van der Waals surface area contributed by atoms with Crippen LogP contribution in [0.15, 0.2) is 103 Å². The van der Waals surface area contributed by atoms with Crippen LogP contribution < -0.4 is 15.9 Å². The number of hydrogen-bond donors (Lipinski definition) is 0. The van der Waals surface area contributed by atoms with Crippen LogP contribution in [-0.4, -0.2) is 14.4 Å². The van der Waals surface area contributed by atoms with Crippen LogP contribution in [0.5, 0.6) is 0 Å². The molecule has 0 bridgehead atoms. The molecular weight excluding hydrogens is 433 g/mol. The normalized spacial score (nSPS) is 13.0. The molecule has 0 aliphatic rings. The Labute approximate surface area is 193 Å². The van der Waals surface area contributed by atoms with Gasteiger partial charge in [0.1, 0.15) is 0 Å². The molecule has 0 aliphatic heterocycles. The quantitative estimate of drug-likeness (QED) is 0.325. The van der Waals surface area contributed by atoms with Crippen LogP contribution in [0.1, 0.15) is 17.1 Å². The van der Waals surface area contributed by atoms with Gasteiger partial charge >= 0.3 is 194 Å². The molecule has 160 valence electrons. The number of nitrogens with zero attached hydrogens (tertiary/aromatic N) is 3. The molecule has 0 atom stereocenters. The molecule has 5 aromatic rings. The van der Waals surface area contributed by atoms with Gasteiger partial charge in [-0.2, -0.15) is 0 Å². The van der Waals surface area contributed by atoms with Crippen LogP contribution in [0.25, 0.3) is 5.78 Å². The van der Waals surface area contributed by atoms with Crippen LogP contribution in [0, 0.1) is 13.8 Å². The van der Waals surface area contributed by atoms with Gasteiger partial charge in [0.05, 0.1) is 0 Å². The maximum absolute atomic E-state index is 8.17. The van der Waals surface area contributed by atoms with Gasteiger partial charge in [-0.05, 0) is 0 Å². The minimum atomic E-state index is -3.41. The fourth-order valence-corrected chi connectivity index (χ4v) is 10.6. The Balaban J connectivity index is 1.84. The average Bonchev–Trinajstić information content (AvgIpc) is 3.23. The van der Waals surface area contributed by atoms with Gasteiger partial charge in [0.2, 0.25) is 0 Å². The molecule has 0 saturated carbocycles. The molecule has 32 heavy (non-hydrogen) atoms. The number of imidazole rings is 1. The second-order valence-electron chi connectivity index (χ2n) is 8.29. The summed E-state index contributed by atoms with van der Waals surface area (Å²) in [5, 5.41) is 3.40. The van der Waals surface area contributed by atoms with Gasteiger partial charge in [-0.3, -0.25) is 0 Å². The standard InChI is InChI=1S/C27H25ClN3P/c1-21-18-22(2)31-19-23(30-27(31)29-21)20-32(28,24-12-6-3-7-13-24,25-14-8-4-9-15-25)26-16-10-5-11-17-26/h3-19H,20H2,1-2H3. The first kappa shape index (κ1) is 20.9. The Kier molecular flexibility index (Phi) is 5.12. The molecule has 0 N–H and O–H groups in total. The molecule has 3 aromatic carbocycles. The number of rotatable bonds is 5. The predicted octanol–water partition coefficient (Wildman–Crippen LogP) is 5.53. The fraction of sp³-hybridized carbons (Fsp3) is 0.111. The topological polar surface area (TPSA) is 30.2 Å². The summed E-state index contributed by atoms with van der Waals surface area (Å²) in [7, 11) is 0. The second-order valence-corrected chi connectivity index (χ2v) is 14.8. The Morgan fingerprint density at radius 1 is 0.719 bits per heavy atom. The van der Waals surface area contributed by atoms with Crippen LogP contribution in [0.3, 0.4) is 0 Å². The number of aromatic nitrogens is 3. The first-order chi connectivity index (χ1) is 15.5. The van der Waals surface area contributed by atoms with Crippen molar-refractivity contribution in [1.29, 1.82) is 0 Å². The molecule has 2 heterocycles. The van der Waals surface area contributed by atoms with Gasteiger partial charge in [-0.25, -0.2) is 0 Å². The molecule has 0 unspecified atom stereocenters. The molecular formula is C27H25ClN3P. The van der Waals surface area contributed by atoms with Crippen molar-refractivity contribution in [2.75, 3.05) is 0 Å². The van der Waals surface area contributed by atoms with E-state index in [-0.39, 0.29) is 0 Å². The molecule has 0 aliphatic carbocycles. The fourth-order valence-electron chi connectivity index (χ4n) is 4.64. The predicted molar refractivity (Wildman–Crippen MR) is 137 cm³/mol. The Morgan fingerprint density at radius 2 is 1.19 bits per heavy atom. The summed E-state index contributed by atoms with van der Waals surface area (Å²) in [5.41, 5.74) is 3.01. The van der Waals surface area contributed by atoms with E-state index in [1.54, 1.807) is 0 Å². The van der Waals surface area contributed by atoms with Gasteiger partial charge < -0.3 is 0 Å². The zero-order valence-corrected chi connectivity index (χ0v) is 19.8. The Morgan fingerprint density at radius 3 is 1.66 bits per heavy atom. The summed E-state index contributed by atoms with van der Waals surface area (Å²) in [6.45, 7) is 4.08. The molecule has 5 rings (SSSR count). The van der Waals surface area contributed by atoms with E-state index in [1.807, 2.05) is 25.1 Å². The SMILES string of the molecule is Cc1cc(C)n2cc(CP(Cl)(c3ccccc3)(c3ccccc3)c3ccccc3)nc2n1. The first-order valence-corrected chi connectivity index (χ1v) is 14.0. The second kappa shape index (κ2) is 7.85. The molecule has 0 spiro atoms. The van der Waals surface area contributed by atoms with E-state index in [4.69, 9.17) is 16.2 Å². The molecule has 5 heteroatoms. The van der Waals surface area contributed by atoms with Crippen molar-refractivity contribution in [3.63, 3.8) is 0 Å². The molecule has 0 saturated heterocycles. The Bertz CT molecular complexity index is 1280. The number of benzene rings is 3. The van der Waals surface area contributed by atoms with Crippen LogP contribution in [-0.2, 0) is 6.16 Å². The number of halogens is 1. The van der Waals surface area contributed by atoms with E-state index < -0.39 is 5.96 Å². The number of fused-ring (bicyclic) bond motifs is 1. The Hall–Kier alpha value is -3.00. The van der Waals surface area contributed by atoms with Crippen molar-refractivity contribution in [2.24, 2.45) is 0 Å². The molecule has 0 fully saturated rings. The zero-order chi connectivity index (χ0) is 22.2. The summed E-state index contributed by atoms with van der Waals surface area (Å²) in [6.07, 6.45) is 2.70. The average molecular weight is 458 g/mol. The van der Waals surface area contributed by atoms with Crippen LogP contribution in [0.4, 0.5) is 0 Å². The van der Waals surface area contributed by atoms with Gasteiger partial charge in [-0.15, -0.1) is 0 Å². The number of aryl methyl sites for hydroxylation is 2. The summed E-state index contributed by atoms with van der Waals surface area (Å²) in [6, 6.07) is 33.6. The summed E-state index contributed by atoms with van der Waals surface area (Å²) in [4.78, 5) is 9.59. The molecule has 0 amide bonds. The third-order valence-electron chi connectivity index (χ3n) is 6.15. The van der Waals surface area contributed by atoms with Crippen molar-refractivity contribution in [3.8, 4) is 0 Å². The van der Waals surface area contributed by atoms with Crippen LogP contribution in [0.2, 0.25) is 0 Å². The van der Waals surface area contributed by atoms with Gasteiger partial charge in [0.15, 0.2) is 0 Å². The molecule has 3 nitrogen and oxygen atoms in total. The zero-order valence-electron chi connectivity index (χ0n) is 18.2. The van der Waals surface area contributed by atoms with Gasteiger partial charge in [0, 0.05) is 0 Å². The molecule has 2 aromatic heterocycles. The number of hydrogen-bond acceptors (Lipinski definition) is 2. The third-order valence-corrected chi connectivity index (χ3v) is 13.3. The van der Waals surface area contributed by atoms with E-state index >= 15 is 0 Å². The van der Waals surface area contributed by atoms with E-state index in [0.29, 0.717) is 11.9 Å². The summed E-state index contributed by atoms with van der Waals surface area (Å²) in [5.74, 6) is -2.69. The summed E-state index contributed by atoms with van der Waals surface area (Å²) >= 11 is 8.17. The van der Waals surface area contributed by atoms with E-state index in [0.717, 1.165) is 33.0 Å². The van der Waals surface area contributed by atoms with Crippen molar-refractivity contribution < 1.29 is 0 Å². The van der Waals surface area contributed by atoms with E-state index in [1.165, 1.54) is 0 Å². The third kappa shape index (κ3) is 3.24. The monoisotopic (exact) mass is 457 g/mol. The van der Waals surface area contributed by atoms with Gasteiger partial charge in [0.25, 0.3) is 0 Å². The molecule has 0 radical (unpaired) electrons. The van der Waals surface area contributed by atoms with Crippen molar-refractivity contribution >= 4 is 38.9 Å². The van der Waals surface area contributed by atoms with Crippen molar-refractivity contribution in [1.82, 2.24) is 14.4 Å². The van der Waals surface area contributed by atoms with Crippen molar-refractivity contribution in [2.45, 2.75) is 20.0 Å². The van der Waals surface area contributed by atoms with E-state index in [9.17, 15) is 0 Å². The summed E-state index contributed by atoms with van der Waals surface area (Å²) < 4.78 is 2.06. The van der Waals surface area contributed by atoms with E-state index in [2.05, 4.69) is 101 Å². The maximum atomic E-state index is 8.17. The first-order valence-electron chi connectivity index (χ1n) is 10.7. The minimum absolute atomic E-state index is 0.604. The van der Waals surface area contributed by atoms with Crippen molar-refractivity contribution in [3.05, 3.63) is 120 Å². The van der Waals surface area contributed by atoms with Gasteiger partial charge in [-0.1, -0.05) is 0 Å². The van der Waals surface area contributed by atoms with Crippen LogP contribution >= 0.6 is 17.2 Å².